The van der Waals surface area contributed by atoms with Crippen LogP contribution in [0.5, 0.6) is 11.5 Å². The number of hydrogen-bond donors (Lipinski definition) is 0. The van der Waals surface area contributed by atoms with Crippen molar-refractivity contribution >= 4 is 9.84 Å². The Morgan fingerprint density at radius 2 is 1.59 bits per heavy atom. The van der Waals surface area contributed by atoms with Crippen LogP contribution in [0.2, 0.25) is 0 Å². The number of aryl methyl sites for hydroxylation is 2. The third-order valence-corrected chi connectivity index (χ3v) is 8.43. The third kappa shape index (κ3) is 5.76. The van der Waals surface area contributed by atoms with Gasteiger partial charge in [-0.15, -0.1) is 10.2 Å². The summed E-state index contributed by atoms with van der Waals surface area (Å²) in [5.74, 6) is 1.28. The van der Waals surface area contributed by atoms with E-state index in [1.54, 1.807) is 48.1 Å². The lowest BCUT2D eigenvalue weighted by atomic mass is 10.2. The first-order valence-electron chi connectivity index (χ1n) is 12.4. The molecule has 0 saturated heterocycles. The van der Waals surface area contributed by atoms with Crippen LogP contribution in [0.1, 0.15) is 42.9 Å². The maximum Gasteiger partial charge on any atom is 0.187 e. The molecule has 11 nitrogen and oxygen atoms in total. The van der Waals surface area contributed by atoms with Gasteiger partial charge in [-0.1, -0.05) is 19.1 Å². The van der Waals surface area contributed by atoms with Crippen LogP contribution in [0.3, 0.4) is 0 Å². The van der Waals surface area contributed by atoms with E-state index >= 15 is 0 Å². The lowest BCUT2D eigenvalue weighted by Gasteiger charge is -2.22. The quantitative estimate of drug-likeness (QED) is 0.271. The van der Waals surface area contributed by atoms with Crippen molar-refractivity contribution in [1.29, 1.82) is 0 Å². The number of nitrogens with zero attached hydrogens (tertiary/aromatic N) is 6. The summed E-state index contributed by atoms with van der Waals surface area (Å²) in [6, 6.07) is 10.9. The van der Waals surface area contributed by atoms with Crippen molar-refractivity contribution in [2.45, 2.75) is 44.3 Å². The summed E-state index contributed by atoms with van der Waals surface area (Å²) in [7, 11) is 0.631. The topological polar surface area (TPSA) is 131 Å². The van der Waals surface area contributed by atoms with Gasteiger partial charge in [-0.2, -0.15) is 0 Å². The molecule has 0 aliphatic rings. The second kappa shape index (κ2) is 11.9. The molecule has 0 spiro atoms. The Morgan fingerprint density at radius 1 is 0.949 bits per heavy atom. The number of sulfone groups is 1. The Morgan fingerprint density at radius 3 is 2.18 bits per heavy atom. The van der Waals surface area contributed by atoms with E-state index in [9.17, 15) is 8.42 Å². The van der Waals surface area contributed by atoms with Gasteiger partial charge >= 0.3 is 0 Å². The number of ether oxygens (including phenoxy) is 3. The van der Waals surface area contributed by atoms with Crippen LogP contribution < -0.4 is 9.47 Å². The van der Waals surface area contributed by atoms with Gasteiger partial charge in [-0.25, -0.2) is 23.4 Å². The van der Waals surface area contributed by atoms with Gasteiger partial charge in [0.2, 0.25) is 0 Å². The molecule has 0 radical (unpaired) electrons. The normalized spacial score (nSPS) is 13.2. The second-order valence-electron chi connectivity index (χ2n) is 8.94. The molecule has 0 saturated carbocycles. The Bertz CT molecular complexity index is 1520. The maximum absolute atomic E-state index is 13.8. The number of aromatic nitrogens is 6. The van der Waals surface area contributed by atoms with Crippen LogP contribution >= 0.6 is 0 Å². The number of pyridine rings is 1. The van der Waals surface area contributed by atoms with Crippen LogP contribution in [0.15, 0.2) is 48.8 Å². The molecule has 1 aromatic carbocycles. The van der Waals surface area contributed by atoms with Crippen LogP contribution in [-0.4, -0.2) is 64.7 Å². The number of benzene rings is 1. The van der Waals surface area contributed by atoms with E-state index in [1.165, 1.54) is 21.3 Å². The molecular weight excluding hydrogens is 520 g/mol. The van der Waals surface area contributed by atoms with Crippen LogP contribution in [0.25, 0.3) is 17.2 Å². The standard InChI is InChI=1S/C27H32N6O5S/c1-7-19-10-8-11-20(30-19)27-32-31-23(33(27)24-21(36-4)12-9-13-22(24)37-5)16-39(34,35)18(3)25(38-6)26-28-14-17(2)15-29-26/h8-15,18,25H,7,16H2,1-6H3/t18-,25-/m0/s1. The van der Waals surface area contributed by atoms with E-state index < -0.39 is 26.9 Å². The molecule has 12 heteroatoms. The van der Waals surface area contributed by atoms with E-state index in [4.69, 9.17) is 19.2 Å². The molecule has 39 heavy (non-hydrogen) atoms. The van der Waals surface area contributed by atoms with Gasteiger partial charge in [-0.05, 0) is 50.1 Å². The van der Waals surface area contributed by atoms with Gasteiger partial charge in [0.25, 0.3) is 0 Å². The Hall–Kier alpha value is -3.90. The average Bonchev–Trinajstić information content (AvgIpc) is 3.35. The zero-order chi connectivity index (χ0) is 28.2. The smallest absolute Gasteiger partial charge is 0.187 e. The fraction of sp³-hybridized carbons (Fsp3) is 0.370. The van der Waals surface area contributed by atoms with Crippen molar-refractivity contribution in [3.63, 3.8) is 0 Å². The highest BCUT2D eigenvalue weighted by molar-refractivity contribution is 7.91. The number of rotatable bonds is 11. The van der Waals surface area contributed by atoms with Crippen molar-refractivity contribution in [3.8, 4) is 28.7 Å². The minimum Gasteiger partial charge on any atom is -0.494 e. The van der Waals surface area contributed by atoms with Crippen LogP contribution in [0.4, 0.5) is 0 Å². The molecule has 0 N–H and O–H groups in total. The molecule has 2 atom stereocenters. The zero-order valence-corrected chi connectivity index (χ0v) is 23.6. The number of para-hydroxylation sites is 1. The van der Waals surface area contributed by atoms with Crippen molar-refractivity contribution in [3.05, 3.63) is 71.7 Å². The van der Waals surface area contributed by atoms with E-state index in [1.807, 2.05) is 26.0 Å². The van der Waals surface area contributed by atoms with E-state index in [2.05, 4.69) is 20.2 Å². The highest BCUT2D eigenvalue weighted by Gasteiger charge is 2.35. The molecule has 0 fully saturated rings. The van der Waals surface area contributed by atoms with Gasteiger partial charge in [0, 0.05) is 25.2 Å². The van der Waals surface area contributed by atoms with Gasteiger partial charge in [0.1, 0.15) is 34.7 Å². The van der Waals surface area contributed by atoms with Gasteiger partial charge in [0.05, 0.1) is 19.5 Å². The van der Waals surface area contributed by atoms with Crippen molar-refractivity contribution in [1.82, 2.24) is 29.7 Å². The van der Waals surface area contributed by atoms with Gasteiger partial charge in [-0.3, -0.25) is 4.57 Å². The molecule has 206 valence electrons. The predicted molar refractivity (Wildman–Crippen MR) is 146 cm³/mol. The monoisotopic (exact) mass is 552 g/mol. The largest absolute Gasteiger partial charge is 0.494 e. The lowest BCUT2D eigenvalue weighted by molar-refractivity contribution is 0.0947. The SMILES string of the molecule is CCc1cccc(-c2nnc(CS(=O)(=O)[C@@H](C)[C@H](OC)c3ncc(C)cn3)n2-c2c(OC)cccc2OC)n1. The first kappa shape index (κ1) is 28.1. The van der Waals surface area contributed by atoms with Gasteiger partial charge < -0.3 is 14.2 Å². The fourth-order valence-corrected chi connectivity index (χ4v) is 5.64. The molecule has 4 aromatic rings. The van der Waals surface area contributed by atoms with Crippen molar-refractivity contribution in [2.24, 2.45) is 0 Å². The minimum absolute atomic E-state index is 0.169. The molecule has 0 aliphatic heterocycles. The first-order valence-corrected chi connectivity index (χ1v) is 14.1. The summed E-state index contributed by atoms with van der Waals surface area (Å²) < 4.78 is 46.0. The molecule has 0 aliphatic carbocycles. The highest BCUT2D eigenvalue weighted by atomic mass is 32.2. The summed E-state index contributed by atoms with van der Waals surface area (Å²) in [4.78, 5) is 13.3. The summed E-state index contributed by atoms with van der Waals surface area (Å²) in [6.45, 7) is 5.43. The van der Waals surface area contributed by atoms with E-state index in [-0.39, 0.29) is 11.6 Å². The minimum atomic E-state index is -3.86. The summed E-state index contributed by atoms with van der Waals surface area (Å²) in [5, 5.41) is 7.72. The Balaban J connectivity index is 1.85. The summed E-state index contributed by atoms with van der Waals surface area (Å²) in [6.07, 6.45) is 3.09. The van der Waals surface area contributed by atoms with Gasteiger partial charge in [0.15, 0.2) is 27.3 Å². The lowest BCUT2D eigenvalue weighted by Crippen LogP contribution is -2.30. The molecule has 4 rings (SSSR count). The molecular formula is C27H32N6O5S. The fourth-order valence-electron chi connectivity index (χ4n) is 4.22. The molecule has 0 amide bonds. The summed E-state index contributed by atoms with van der Waals surface area (Å²) in [5.41, 5.74) is 2.72. The highest BCUT2D eigenvalue weighted by Crippen LogP contribution is 2.37. The maximum atomic E-state index is 13.8. The first-order chi connectivity index (χ1) is 18.7. The summed E-state index contributed by atoms with van der Waals surface area (Å²) >= 11 is 0. The third-order valence-electron chi connectivity index (χ3n) is 6.39. The molecule has 3 heterocycles. The predicted octanol–water partition coefficient (Wildman–Crippen LogP) is 3.70. The molecule has 0 unspecified atom stereocenters. The molecule has 3 aromatic heterocycles. The number of methoxy groups -OCH3 is 3. The van der Waals surface area contributed by atoms with Crippen LogP contribution in [-0.2, 0) is 26.7 Å². The molecule has 0 bridgehead atoms. The average molecular weight is 553 g/mol. The van der Waals surface area contributed by atoms with Crippen LogP contribution in [0, 0.1) is 6.92 Å². The Kier molecular flexibility index (Phi) is 8.56. The van der Waals surface area contributed by atoms with Crippen molar-refractivity contribution < 1.29 is 22.6 Å². The number of hydrogen-bond acceptors (Lipinski definition) is 10. The van der Waals surface area contributed by atoms with Crippen molar-refractivity contribution in [2.75, 3.05) is 21.3 Å². The Labute approximate surface area is 228 Å². The zero-order valence-electron chi connectivity index (χ0n) is 22.8. The van der Waals surface area contributed by atoms with E-state index in [0.717, 1.165) is 17.7 Å². The second-order valence-corrected chi connectivity index (χ2v) is 11.3. The van der Waals surface area contributed by atoms with E-state index in [0.29, 0.717) is 28.7 Å².